The quantitative estimate of drug-likeness (QED) is 0.340. The lowest BCUT2D eigenvalue weighted by Crippen LogP contribution is -2.36. The van der Waals surface area contributed by atoms with Crippen molar-refractivity contribution in [1.29, 1.82) is 0 Å². The van der Waals surface area contributed by atoms with Gasteiger partial charge < -0.3 is 19.7 Å². The Bertz CT molecular complexity index is 605. The Morgan fingerprint density at radius 2 is 1.90 bits per heavy atom. The predicted molar refractivity (Wildman–Crippen MR) is 115 cm³/mol. The topological polar surface area (TPSA) is 93.1 Å². The summed E-state index contributed by atoms with van der Waals surface area (Å²) in [5, 5.41) is 19.1. The van der Waals surface area contributed by atoms with E-state index in [1.165, 1.54) is 0 Å². The van der Waals surface area contributed by atoms with Crippen molar-refractivity contribution in [2.45, 2.75) is 83.5 Å². The molecular weight excluding hydrogens is 384 g/mol. The normalized spacial score (nSPS) is 26.8. The minimum absolute atomic E-state index is 0.0104. The van der Waals surface area contributed by atoms with Crippen LogP contribution in [0, 0.1) is 17.8 Å². The average Bonchev–Trinajstić information content (AvgIpc) is 3.28. The molecule has 4 unspecified atom stereocenters. The summed E-state index contributed by atoms with van der Waals surface area (Å²) in [5.74, 6) is -1.65. The number of aliphatic hydroxyl groups excluding tert-OH is 1. The largest absolute Gasteiger partial charge is 0.481 e. The van der Waals surface area contributed by atoms with Crippen molar-refractivity contribution in [3.63, 3.8) is 0 Å². The molecular formula is C24H38O6. The van der Waals surface area contributed by atoms with E-state index < -0.39 is 17.9 Å². The van der Waals surface area contributed by atoms with Crippen LogP contribution in [0.2, 0.25) is 0 Å². The van der Waals surface area contributed by atoms with Crippen LogP contribution in [0.15, 0.2) is 24.3 Å². The van der Waals surface area contributed by atoms with Crippen LogP contribution >= 0.6 is 0 Å². The van der Waals surface area contributed by atoms with Crippen LogP contribution in [0.1, 0.15) is 71.6 Å². The van der Waals surface area contributed by atoms with Crippen molar-refractivity contribution in [2.24, 2.45) is 17.8 Å². The summed E-state index contributed by atoms with van der Waals surface area (Å²) >= 11 is 0. The molecule has 0 aromatic rings. The van der Waals surface area contributed by atoms with Crippen molar-refractivity contribution >= 4 is 11.8 Å². The first kappa shape index (κ1) is 24.8. The number of aliphatic hydroxyl groups is 1. The van der Waals surface area contributed by atoms with Crippen LogP contribution in [-0.4, -0.2) is 47.1 Å². The monoisotopic (exact) mass is 422 g/mol. The molecule has 170 valence electrons. The van der Waals surface area contributed by atoms with Crippen LogP contribution in [0.3, 0.4) is 0 Å². The Morgan fingerprint density at radius 1 is 1.17 bits per heavy atom. The van der Waals surface area contributed by atoms with E-state index in [2.05, 4.69) is 13.0 Å². The molecule has 1 saturated carbocycles. The second-order valence-corrected chi connectivity index (χ2v) is 8.55. The van der Waals surface area contributed by atoms with Gasteiger partial charge in [0.05, 0.1) is 19.3 Å². The number of carboxylic acid groups (broad SMARTS) is 1. The third kappa shape index (κ3) is 7.03. The molecule has 6 nitrogen and oxygen atoms in total. The molecule has 1 saturated heterocycles. The fraction of sp³-hybridized carbons (Fsp3) is 0.750. The van der Waals surface area contributed by atoms with Gasteiger partial charge in [0.25, 0.3) is 0 Å². The highest BCUT2D eigenvalue weighted by atomic mass is 16.7. The van der Waals surface area contributed by atoms with Gasteiger partial charge >= 0.3 is 5.97 Å². The molecule has 2 rings (SSSR count). The van der Waals surface area contributed by atoms with Crippen LogP contribution in [0.5, 0.6) is 0 Å². The van der Waals surface area contributed by atoms with Crippen LogP contribution < -0.4 is 0 Å². The number of allylic oxidation sites excluding steroid dienone is 3. The molecule has 1 spiro atoms. The molecule has 30 heavy (non-hydrogen) atoms. The van der Waals surface area contributed by atoms with E-state index in [4.69, 9.17) is 14.6 Å². The number of aliphatic carboxylic acids is 1. The molecule has 0 bridgehead atoms. The molecule has 1 aliphatic carbocycles. The first-order valence-corrected chi connectivity index (χ1v) is 11.4. The zero-order valence-electron chi connectivity index (χ0n) is 18.4. The van der Waals surface area contributed by atoms with Crippen LogP contribution in [0.4, 0.5) is 0 Å². The zero-order valence-corrected chi connectivity index (χ0v) is 18.4. The number of hydrogen-bond donors (Lipinski definition) is 2. The summed E-state index contributed by atoms with van der Waals surface area (Å²) in [5.41, 5.74) is 0. The second-order valence-electron chi connectivity index (χ2n) is 8.55. The maximum atomic E-state index is 12.4. The predicted octanol–water partition coefficient (Wildman–Crippen LogP) is 4.27. The van der Waals surface area contributed by atoms with Gasteiger partial charge in [-0.3, -0.25) is 9.59 Å². The number of unbranched alkanes of at least 4 members (excludes halogenated alkanes) is 3. The first-order valence-electron chi connectivity index (χ1n) is 11.4. The van der Waals surface area contributed by atoms with E-state index in [1.807, 2.05) is 18.2 Å². The molecule has 2 N–H and O–H groups in total. The number of carbonyl (C=O) groups excluding carboxylic acids is 1. The fourth-order valence-corrected chi connectivity index (χ4v) is 4.68. The Morgan fingerprint density at radius 3 is 2.53 bits per heavy atom. The fourth-order valence-electron chi connectivity index (χ4n) is 4.68. The highest BCUT2D eigenvalue weighted by Crippen LogP contribution is 2.51. The number of ether oxygens (including phenoxy) is 2. The van der Waals surface area contributed by atoms with Gasteiger partial charge in [0, 0.05) is 24.7 Å². The second kappa shape index (κ2) is 12.4. The molecule has 2 aliphatic rings. The molecule has 0 aromatic heterocycles. The Kier molecular flexibility index (Phi) is 10.2. The number of rotatable bonds is 13. The molecule has 4 atom stereocenters. The number of Topliss-reactive ketones (excluding diaryl/α,β-unsaturated/α-hetero) is 1. The molecule has 1 heterocycles. The third-order valence-electron chi connectivity index (χ3n) is 6.27. The van der Waals surface area contributed by atoms with Crippen molar-refractivity contribution in [3.8, 4) is 0 Å². The Labute approximate surface area is 180 Å². The van der Waals surface area contributed by atoms with E-state index in [1.54, 1.807) is 6.92 Å². The molecule has 2 fully saturated rings. The van der Waals surface area contributed by atoms with Crippen molar-refractivity contribution < 1.29 is 29.3 Å². The van der Waals surface area contributed by atoms with Crippen LogP contribution in [0.25, 0.3) is 0 Å². The van der Waals surface area contributed by atoms with E-state index in [-0.39, 0.29) is 30.0 Å². The van der Waals surface area contributed by atoms with Gasteiger partial charge in [0.1, 0.15) is 5.78 Å². The Balaban J connectivity index is 2.08. The summed E-state index contributed by atoms with van der Waals surface area (Å²) in [6.45, 7) is 4.81. The summed E-state index contributed by atoms with van der Waals surface area (Å²) in [6.07, 6.45) is 14.1. The zero-order chi connectivity index (χ0) is 22.0. The lowest BCUT2D eigenvalue weighted by atomic mass is 9.83. The van der Waals surface area contributed by atoms with Gasteiger partial charge in [-0.15, -0.1) is 0 Å². The number of carboxylic acids is 1. The van der Waals surface area contributed by atoms with Gasteiger partial charge in [-0.25, -0.2) is 0 Å². The van der Waals surface area contributed by atoms with Crippen molar-refractivity contribution in [1.82, 2.24) is 0 Å². The molecule has 0 radical (unpaired) electrons. The van der Waals surface area contributed by atoms with Gasteiger partial charge in [0.2, 0.25) is 0 Å². The highest BCUT2D eigenvalue weighted by molar-refractivity contribution is 5.79. The van der Waals surface area contributed by atoms with E-state index in [0.717, 1.165) is 25.7 Å². The number of hydrogen-bond acceptors (Lipinski definition) is 5. The lowest BCUT2D eigenvalue weighted by molar-refractivity contribution is -0.184. The van der Waals surface area contributed by atoms with E-state index >= 15 is 0 Å². The average molecular weight is 423 g/mol. The van der Waals surface area contributed by atoms with Gasteiger partial charge in [0.15, 0.2) is 5.79 Å². The first-order chi connectivity index (χ1) is 14.4. The third-order valence-corrected chi connectivity index (χ3v) is 6.27. The summed E-state index contributed by atoms with van der Waals surface area (Å²) < 4.78 is 12.1. The minimum Gasteiger partial charge on any atom is -0.481 e. The van der Waals surface area contributed by atoms with E-state index in [0.29, 0.717) is 38.9 Å². The summed E-state index contributed by atoms with van der Waals surface area (Å²) in [6, 6.07) is 0. The maximum absolute atomic E-state index is 12.4. The van der Waals surface area contributed by atoms with Crippen molar-refractivity contribution in [2.75, 3.05) is 13.2 Å². The van der Waals surface area contributed by atoms with Gasteiger partial charge in [-0.2, -0.15) is 0 Å². The SMILES string of the molecule is CCCCCC(O)/C=C/C1C(C(C)=O)CC2(OCCO2)C1C/C=C/CCCC(=O)O. The maximum Gasteiger partial charge on any atom is 0.303 e. The summed E-state index contributed by atoms with van der Waals surface area (Å²) in [7, 11) is 0. The molecule has 0 amide bonds. The van der Waals surface area contributed by atoms with Crippen molar-refractivity contribution in [3.05, 3.63) is 24.3 Å². The van der Waals surface area contributed by atoms with Gasteiger partial charge in [-0.1, -0.05) is 50.5 Å². The lowest BCUT2D eigenvalue weighted by Gasteiger charge is -2.30. The number of carbonyl (C=O) groups is 2. The number of ketones is 1. The summed E-state index contributed by atoms with van der Waals surface area (Å²) in [4.78, 5) is 23.0. The standard InChI is InChI=1S/C24H38O6/c1-3-4-7-10-19(26)13-14-20-21(18(2)25)17-24(29-15-16-30-24)22(20)11-8-5-6-9-12-23(27)28/h5,8,13-14,19-22,26H,3-4,6-7,9-12,15-17H2,1-2H3,(H,27,28)/b8-5+,14-13+. The molecule has 0 aromatic carbocycles. The van der Waals surface area contributed by atoms with Crippen LogP contribution in [-0.2, 0) is 19.1 Å². The smallest absolute Gasteiger partial charge is 0.303 e. The van der Waals surface area contributed by atoms with E-state index in [9.17, 15) is 14.7 Å². The molecule has 1 aliphatic heterocycles. The highest BCUT2D eigenvalue weighted by Gasteiger charge is 2.57. The minimum atomic E-state index is -0.780. The van der Waals surface area contributed by atoms with Gasteiger partial charge in [-0.05, 0) is 38.5 Å². The Hall–Kier alpha value is -1.50. The molecule has 6 heteroatoms.